The number of aromatic carboxylic acids is 1. The third-order valence-corrected chi connectivity index (χ3v) is 5.69. The smallest absolute Gasteiger partial charge is 0.337 e. The Morgan fingerprint density at radius 2 is 1.77 bits per heavy atom. The van der Waals surface area contributed by atoms with Crippen LogP contribution in [0.1, 0.15) is 46.3 Å². The molecule has 7 heteroatoms. The minimum absolute atomic E-state index is 0.0380. The Labute approximate surface area is 188 Å². The molecule has 0 amide bonds. The fourth-order valence-corrected chi connectivity index (χ4v) is 4.07. The molecule has 0 unspecified atom stereocenters. The van der Waals surface area contributed by atoms with Crippen molar-refractivity contribution < 1.29 is 19.0 Å². The van der Waals surface area contributed by atoms with Gasteiger partial charge in [0.2, 0.25) is 0 Å². The minimum Gasteiger partial charge on any atom is -0.488 e. The van der Waals surface area contributed by atoms with Crippen molar-refractivity contribution in [3.8, 4) is 5.75 Å². The van der Waals surface area contributed by atoms with Gasteiger partial charge in [-0.15, -0.1) is 0 Å². The van der Waals surface area contributed by atoms with Gasteiger partial charge in [0.1, 0.15) is 18.2 Å². The number of pyridine rings is 1. The summed E-state index contributed by atoms with van der Waals surface area (Å²) >= 11 is 12.1. The van der Waals surface area contributed by atoms with Gasteiger partial charge in [-0.25, -0.2) is 9.18 Å². The van der Waals surface area contributed by atoms with Crippen LogP contribution in [0.2, 0.25) is 10.0 Å². The van der Waals surface area contributed by atoms with Crippen LogP contribution in [0.5, 0.6) is 5.75 Å². The second-order valence-corrected chi connectivity index (χ2v) is 8.12. The number of rotatable bonds is 6. The number of hydrogen-bond donors (Lipinski definition) is 1. The van der Waals surface area contributed by atoms with E-state index in [1.807, 2.05) is 6.07 Å². The maximum Gasteiger partial charge on any atom is 0.337 e. The molecule has 31 heavy (non-hydrogen) atoms. The first-order chi connectivity index (χ1) is 14.9. The van der Waals surface area contributed by atoms with Crippen LogP contribution in [0.4, 0.5) is 4.39 Å². The van der Waals surface area contributed by atoms with E-state index in [-0.39, 0.29) is 12.2 Å². The second-order valence-electron chi connectivity index (χ2n) is 7.24. The Morgan fingerprint density at radius 1 is 1.03 bits per heavy atom. The van der Waals surface area contributed by atoms with Gasteiger partial charge >= 0.3 is 5.97 Å². The van der Waals surface area contributed by atoms with Crippen LogP contribution in [0.15, 0.2) is 54.9 Å². The summed E-state index contributed by atoms with van der Waals surface area (Å²) in [6.07, 6.45) is 5.49. The Bertz CT molecular complexity index is 1190. The van der Waals surface area contributed by atoms with E-state index in [1.165, 1.54) is 12.3 Å². The number of ether oxygens (including phenoxy) is 1. The van der Waals surface area contributed by atoms with Crippen LogP contribution >= 0.6 is 23.2 Å². The van der Waals surface area contributed by atoms with Crippen molar-refractivity contribution in [2.45, 2.75) is 25.9 Å². The van der Waals surface area contributed by atoms with Gasteiger partial charge < -0.3 is 9.84 Å². The zero-order valence-electron chi connectivity index (χ0n) is 16.4. The zero-order valence-corrected chi connectivity index (χ0v) is 17.9. The predicted molar refractivity (Wildman–Crippen MR) is 119 cm³/mol. The number of halogens is 3. The summed E-state index contributed by atoms with van der Waals surface area (Å²) in [6.45, 7) is 0.0380. The molecular weight excluding hydrogens is 440 g/mol. The highest BCUT2D eigenvalue weighted by Gasteiger charge is 2.22. The standard InChI is InChI=1S/C24H18Cl2FNO3/c25-17-6-7-23(31-13-14-4-5-18(26)10-22(14)27)21(9-17)20-3-1-2-19(20)15-8-16(24(29)30)12-28-11-15/h4-12H,1-3,13H2,(H,29,30). The van der Waals surface area contributed by atoms with Crippen LogP contribution in [0.3, 0.4) is 0 Å². The highest BCUT2D eigenvalue weighted by molar-refractivity contribution is 6.31. The summed E-state index contributed by atoms with van der Waals surface area (Å²) in [7, 11) is 0. The molecule has 0 bridgehead atoms. The summed E-state index contributed by atoms with van der Waals surface area (Å²) in [5.74, 6) is -0.873. The Hall–Kier alpha value is -2.89. The third kappa shape index (κ3) is 4.73. The van der Waals surface area contributed by atoms with Crippen molar-refractivity contribution in [1.29, 1.82) is 0 Å². The normalized spacial score (nSPS) is 13.5. The van der Waals surface area contributed by atoms with Gasteiger partial charge in [0.15, 0.2) is 0 Å². The van der Waals surface area contributed by atoms with Crippen LogP contribution in [-0.4, -0.2) is 16.1 Å². The fraction of sp³-hybridized carbons (Fsp3) is 0.167. The van der Waals surface area contributed by atoms with Crippen LogP contribution < -0.4 is 4.74 Å². The number of benzene rings is 2. The van der Waals surface area contributed by atoms with Gasteiger partial charge in [-0.2, -0.15) is 0 Å². The van der Waals surface area contributed by atoms with Crippen LogP contribution in [-0.2, 0) is 6.61 Å². The highest BCUT2D eigenvalue weighted by atomic mass is 35.5. The van der Waals surface area contributed by atoms with Gasteiger partial charge in [-0.3, -0.25) is 4.98 Å². The maximum atomic E-state index is 14.2. The molecule has 1 aliphatic rings. The largest absolute Gasteiger partial charge is 0.488 e. The molecule has 3 aromatic rings. The highest BCUT2D eigenvalue weighted by Crippen LogP contribution is 2.43. The summed E-state index contributed by atoms with van der Waals surface area (Å²) < 4.78 is 20.1. The van der Waals surface area contributed by atoms with E-state index in [4.69, 9.17) is 27.9 Å². The Kier molecular flexibility index (Phi) is 6.25. The number of nitrogens with zero attached hydrogens (tertiary/aromatic N) is 1. The van der Waals surface area contributed by atoms with E-state index in [0.717, 1.165) is 41.5 Å². The van der Waals surface area contributed by atoms with Crippen molar-refractivity contribution >= 4 is 40.3 Å². The quantitative estimate of drug-likeness (QED) is 0.437. The molecule has 0 aliphatic heterocycles. The fourth-order valence-electron chi connectivity index (χ4n) is 3.74. The van der Waals surface area contributed by atoms with Crippen molar-refractivity contribution in [1.82, 2.24) is 4.98 Å². The molecule has 0 spiro atoms. The second kappa shape index (κ2) is 9.08. The van der Waals surface area contributed by atoms with Gasteiger partial charge in [0.25, 0.3) is 0 Å². The molecule has 1 N–H and O–H groups in total. The van der Waals surface area contributed by atoms with Gasteiger partial charge in [0, 0.05) is 33.6 Å². The molecule has 1 heterocycles. The van der Waals surface area contributed by atoms with Crippen molar-refractivity contribution in [2.75, 3.05) is 0 Å². The lowest BCUT2D eigenvalue weighted by atomic mass is 9.96. The Morgan fingerprint density at radius 3 is 2.55 bits per heavy atom. The molecule has 0 saturated carbocycles. The zero-order chi connectivity index (χ0) is 22.0. The average molecular weight is 458 g/mol. The van der Waals surface area contributed by atoms with Gasteiger partial charge in [-0.05, 0) is 72.4 Å². The van der Waals surface area contributed by atoms with Crippen LogP contribution in [0.25, 0.3) is 11.1 Å². The van der Waals surface area contributed by atoms with Crippen molar-refractivity contribution in [3.05, 3.63) is 93.0 Å². The number of carbonyl (C=O) groups is 1. The summed E-state index contributed by atoms with van der Waals surface area (Å²) in [6, 6.07) is 11.4. The van der Waals surface area contributed by atoms with Gasteiger partial charge in [-0.1, -0.05) is 29.3 Å². The first kappa shape index (κ1) is 21.3. The van der Waals surface area contributed by atoms with Crippen LogP contribution in [0, 0.1) is 5.82 Å². The number of carboxylic acids is 1. The monoisotopic (exact) mass is 457 g/mol. The average Bonchev–Trinajstić information content (AvgIpc) is 3.23. The molecule has 1 aliphatic carbocycles. The number of carboxylic acid groups (broad SMARTS) is 1. The minimum atomic E-state index is -1.02. The summed E-state index contributed by atoms with van der Waals surface area (Å²) in [4.78, 5) is 15.4. The van der Waals surface area contributed by atoms with Crippen molar-refractivity contribution in [3.63, 3.8) is 0 Å². The van der Waals surface area contributed by atoms with Crippen molar-refractivity contribution in [2.24, 2.45) is 0 Å². The van der Waals surface area contributed by atoms with E-state index >= 15 is 0 Å². The van der Waals surface area contributed by atoms with E-state index in [0.29, 0.717) is 21.4 Å². The molecule has 2 aromatic carbocycles. The molecule has 0 saturated heterocycles. The summed E-state index contributed by atoms with van der Waals surface area (Å²) in [5, 5.41) is 10.2. The number of allylic oxidation sites excluding steroid dienone is 2. The lowest BCUT2D eigenvalue weighted by Gasteiger charge is -2.15. The van der Waals surface area contributed by atoms with E-state index in [1.54, 1.807) is 36.5 Å². The SMILES string of the molecule is O=C(O)c1cncc(C2=C(c3cc(Cl)ccc3OCc3ccc(Cl)cc3F)CCC2)c1. The molecule has 0 fully saturated rings. The molecule has 1 aromatic heterocycles. The lowest BCUT2D eigenvalue weighted by molar-refractivity contribution is 0.0696. The molecule has 4 rings (SSSR count). The first-order valence-corrected chi connectivity index (χ1v) is 10.5. The number of hydrogen-bond acceptors (Lipinski definition) is 3. The van der Waals surface area contributed by atoms with E-state index < -0.39 is 11.8 Å². The molecule has 4 nitrogen and oxygen atoms in total. The molecule has 158 valence electrons. The molecule has 0 radical (unpaired) electrons. The third-order valence-electron chi connectivity index (χ3n) is 5.22. The van der Waals surface area contributed by atoms with E-state index in [2.05, 4.69) is 4.98 Å². The molecule has 0 atom stereocenters. The Balaban J connectivity index is 1.71. The predicted octanol–water partition coefficient (Wildman–Crippen LogP) is 6.90. The topological polar surface area (TPSA) is 59.4 Å². The number of aromatic nitrogens is 1. The maximum absolute atomic E-state index is 14.2. The summed E-state index contributed by atoms with van der Waals surface area (Å²) in [5.41, 5.74) is 4.15. The van der Waals surface area contributed by atoms with E-state index in [9.17, 15) is 14.3 Å². The lowest BCUT2D eigenvalue weighted by Crippen LogP contribution is -2.01. The first-order valence-electron chi connectivity index (χ1n) is 9.70. The van der Waals surface area contributed by atoms with Gasteiger partial charge in [0.05, 0.1) is 5.56 Å². The molecular formula is C24H18Cl2FNO3.